The van der Waals surface area contributed by atoms with Crippen molar-refractivity contribution in [1.82, 2.24) is 15.3 Å². The summed E-state index contributed by atoms with van der Waals surface area (Å²) in [7, 11) is 0. The summed E-state index contributed by atoms with van der Waals surface area (Å²) in [5, 5.41) is 3.34. The van der Waals surface area contributed by atoms with E-state index in [9.17, 15) is 0 Å². The van der Waals surface area contributed by atoms with E-state index in [-0.39, 0.29) is 0 Å². The third-order valence-corrected chi connectivity index (χ3v) is 4.19. The van der Waals surface area contributed by atoms with Crippen molar-refractivity contribution in [3.63, 3.8) is 0 Å². The summed E-state index contributed by atoms with van der Waals surface area (Å²) in [5.74, 6) is 0.974. The lowest BCUT2D eigenvalue weighted by Gasteiger charge is -1.99. The molecule has 2 rings (SSSR count). The monoisotopic (exact) mass is 285 g/mol. The van der Waals surface area contributed by atoms with Crippen molar-refractivity contribution in [2.75, 3.05) is 0 Å². The van der Waals surface area contributed by atoms with Gasteiger partial charge in [-0.3, -0.25) is 0 Å². The van der Waals surface area contributed by atoms with E-state index in [1.165, 1.54) is 14.2 Å². The minimum absolute atomic E-state index is 0.779. The zero-order valence-electron chi connectivity index (χ0n) is 8.38. The van der Waals surface area contributed by atoms with Crippen LogP contribution in [0.3, 0.4) is 0 Å². The zero-order valence-corrected chi connectivity index (χ0v) is 10.8. The minimum atomic E-state index is 0.779. The summed E-state index contributed by atoms with van der Waals surface area (Å²) in [4.78, 5) is 9.87. The van der Waals surface area contributed by atoms with Crippen LogP contribution in [0.4, 0.5) is 0 Å². The van der Waals surface area contributed by atoms with E-state index in [0.29, 0.717) is 0 Å². The Hall–Kier alpha value is -0.650. The Morgan fingerprint density at radius 2 is 2.40 bits per heavy atom. The number of hydrogen-bond acceptors (Lipinski definition) is 3. The number of imidazole rings is 1. The van der Waals surface area contributed by atoms with Gasteiger partial charge in [0.25, 0.3) is 0 Å². The Balaban J connectivity index is 1.83. The maximum Gasteiger partial charge on any atom is 0.120 e. The lowest BCUT2D eigenvalue weighted by Crippen LogP contribution is -2.12. The molecule has 0 unspecified atom stereocenters. The van der Waals surface area contributed by atoms with Gasteiger partial charge in [0.15, 0.2) is 0 Å². The number of nitrogens with one attached hydrogen (secondary N) is 2. The molecule has 3 nitrogen and oxygen atoms in total. The lowest BCUT2D eigenvalue weighted by molar-refractivity contribution is 0.675. The van der Waals surface area contributed by atoms with E-state index in [4.69, 9.17) is 0 Å². The molecule has 15 heavy (non-hydrogen) atoms. The van der Waals surface area contributed by atoms with Crippen molar-refractivity contribution in [2.24, 2.45) is 0 Å². The third kappa shape index (κ3) is 2.90. The van der Waals surface area contributed by atoms with Crippen LogP contribution < -0.4 is 5.32 Å². The zero-order chi connectivity index (χ0) is 10.7. The van der Waals surface area contributed by atoms with Gasteiger partial charge in [-0.15, -0.1) is 11.3 Å². The molecule has 0 aliphatic carbocycles. The van der Waals surface area contributed by atoms with E-state index in [0.717, 1.165) is 18.9 Å². The largest absolute Gasteiger partial charge is 0.348 e. The number of aromatic amines is 1. The molecule has 0 bridgehead atoms. The molecule has 2 aromatic rings. The van der Waals surface area contributed by atoms with Gasteiger partial charge in [-0.2, -0.15) is 0 Å². The first-order valence-electron chi connectivity index (χ1n) is 4.69. The van der Waals surface area contributed by atoms with Crippen LogP contribution in [0.5, 0.6) is 0 Å². The molecule has 0 saturated carbocycles. The number of nitrogens with zero attached hydrogens (tertiary/aromatic N) is 1. The summed E-state index contributed by atoms with van der Waals surface area (Å²) in [6, 6.07) is 2.16. The second-order valence-electron chi connectivity index (χ2n) is 3.26. The number of thiophene rings is 1. The summed E-state index contributed by atoms with van der Waals surface area (Å²) in [6.07, 6.45) is 3.60. The van der Waals surface area contributed by atoms with E-state index < -0.39 is 0 Å². The Bertz CT molecular complexity index is 402. The molecule has 0 atom stereocenters. The van der Waals surface area contributed by atoms with Gasteiger partial charge in [0, 0.05) is 33.2 Å². The van der Waals surface area contributed by atoms with Crippen LogP contribution in [-0.2, 0) is 13.1 Å². The van der Waals surface area contributed by atoms with Gasteiger partial charge in [0.2, 0.25) is 0 Å². The quantitative estimate of drug-likeness (QED) is 0.907. The summed E-state index contributed by atoms with van der Waals surface area (Å²) >= 11 is 5.32. The topological polar surface area (TPSA) is 40.7 Å². The second kappa shape index (κ2) is 4.92. The Morgan fingerprint density at radius 1 is 1.53 bits per heavy atom. The smallest absolute Gasteiger partial charge is 0.120 e. The van der Waals surface area contributed by atoms with Crippen LogP contribution in [0.2, 0.25) is 0 Å². The molecule has 80 valence electrons. The number of aryl methyl sites for hydroxylation is 1. The maximum atomic E-state index is 4.15. The summed E-state index contributed by atoms with van der Waals surface area (Å²) < 4.78 is 1.20. The highest BCUT2D eigenvalue weighted by Crippen LogP contribution is 2.26. The second-order valence-corrected chi connectivity index (χ2v) is 5.45. The Labute approximate surface area is 101 Å². The summed E-state index contributed by atoms with van der Waals surface area (Å²) in [6.45, 7) is 3.78. The molecular formula is C10H12BrN3S. The fraction of sp³-hybridized carbons (Fsp3) is 0.300. The molecule has 0 radical (unpaired) electrons. The molecule has 0 spiro atoms. The molecule has 0 fully saturated rings. The van der Waals surface area contributed by atoms with Crippen molar-refractivity contribution in [3.8, 4) is 0 Å². The van der Waals surface area contributed by atoms with Gasteiger partial charge in [0.1, 0.15) is 5.82 Å². The highest BCUT2D eigenvalue weighted by molar-refractivity contribution is 9.10. The first kappa shape index (κ1) is 10.9. The van der Waals surface area contributed by atoms with Crippen LogP contribution in [0, 0.1) is 6.92 Å². The van der Waals surface area contributed by atoms with Gasteiger partial charge >= 0.3 is 0 Å². The van der Waals surface area contributed by atoms with Crippen molar-refractivity contribution < 1.29 is 0 Å². The standard InChI is InChI=1S/C10H12BrN3S/c1-7-9(11)4-8(15-7)5-12-6-10-13-2-3-14-10/h2-4,12H,5-6H2,1H3,(H,13,14). The highest BCUT2D eigenvalue weighted by atomic mass is 79.9. The highest BCUT2D eigenvalue weighted by Gasteiger charge is 2.02. The number of halogens is 1. The van der Waals surface area contributed by atoms with Gasteiger partial charge in [-0.05, 0) is 28.9 Å². The number of H-pyrrole nitrogens is 1. The molecule has 5 heteroatoms. The van der Waals surface area contributed by atoms with E-state index in [2.05, 4.69) is 44.2 Å². The van der Waals surface area contributed by atoms with E-state index in [1.807, 2.05) is 17.5 Å². The lowest BCUT2D eigenvalue weighted by atomic mass is 10.4. The first-order chi connectivity index (χ1) is 7.25. The fourth-order valence-electron chi connectivity index (χ4n) is 1.30. The molecule has 0 saturated heterocycles. The van der Waals surface area contributed by atoms with E-state index >= 15 is 0 Å². The molecule has 0 aromatic carbocycles. The van der Waals surface area contributed by atoms with Crippen LogP contribution in [0.15, 0.2) is 22.9 Å². The SMILES string of the molecule is Cc1sc(CNCc2ncc[nH]2)cc1Br. The number of aromatic nitrogens is 2. The average Bonchev–Trinajstić information content (AvgIpc) is 2.79. The van der Waals surface area contributed by atoms with Crippen molar-refractivity contribution in [3.05, 3.63) is 38.5 Å². The van der Waals surface area contributed by atoms with Crippen LogP contribution in [-0.4, -0.2) is 9.97 Å². The van der Waals surface area contributed by atoms with E-state index in [1.54, 1.807) is 6.20 Å². The third-order valence-electron chi connectivity index (χ3n) is 2.05. The van der Waals surface area contributed by atoms with Crippen molar-refractivity contribution >= 4 is 27.3 Å². The molecule has 0 aliphatic rings. The maximum absolute atomic E-state index is 4.15. The normalized spacial score (nSPS) is 10.8. The molecule has 2 heterocycles. The fourth-order valence-corrected chi connectivity index (χ4v) is 2.88. The Morgan fingerprint density at radius 3 is 3.00 bits per heavy atom. The van der Waals surface area contributed by atoms with Gasteiger partial charge < -0.3 is 10.3 Å². The van der Waals surface area contributed by atoms with Crippen LogP contribution in [0.25, 0.3) is 0 Å². The van der Waals surface area contributed by atoms with Gasteiger partial charge in [-0.25, -0.2) is 4.98 Å². The number of hydrogen-bond donors (Lipinski definition) is 2. The molecular weight excluding hydrogens is 274 g/mol. The van der Waals surface area contributed by atoms with Crippen LogP contribution >= 0.6 is 27.3 Å². The first-order valence-corrected chi connectivity index (χ1v) is 6.30. The predicted molar refractivity (Wildman–Crippen MR) is 65.9 cm³/mol. The minimum Gasteiger partial charge on any atom is -0.348 e. The predicted octanol–water partition coefficient (Wildman–Crippen LogP) is 2.83. The van der Waals surface area contributed by atoms with Gasteiger partial charge in [0.05, 0.1) is 6.54 Å². The van der Waals surface area contributed by atoms with Gasteiger partial charge in [-0.1, -0.05) is 0 Å². The molecule has 0 aliphatic heterocycles. The number of rotatable bonds is 4. The summed E-state index contributed by atoms with van der Waals surface area (Å²) in [5.41, 5.74) is 0. The average molecular weight is 286 g/mol. The van der Waals surface area contributed by atoms with Crippen LogP contribution in [0.1, 0.15) is 15.6 Å². The van der Waals surface area contributed by atoms with Crippen molar-refractivity contribution in [2.45, 2.75) is 20.0 Å². The molecule has 0 amide bonds. The molecule has 2 aromatic heterocycles. The molecule has 2 N–H and O–H groups in total. The Kier molecular flexibility index (Phi) is 3.56. The van der Waals surface area contributed by atoms with Crippen molar-refractivity contribution in [1.29, 1.82) is 0 Å².